The van der Waals surface area contributed by atoms with Gasteiger partial charge in [-0.15, -0.1) is 0 Å². The van der Waals surface area contributed by atoms with Crippen LogP contribution in [0.2, 0.25) is 0 Å². The van der Waals surface area contributed by atoms with Gasteiger partial charge in [0, 0.05) is 12.2 Å². The van der Waals surface area contributed by atoms with Gasteiger partial charge in [0.2, 0.25) is 0 Å². The molecule has 3 nitrogen and oxygen atoms in total. The van der Waals surface area contributed by atoms with Crippen molar-refractivity contribution in [3.05, 3.63) is 97.1 Å². The molecular formula is C22H21NO2. The van der Waals surface area contributed by atoms with Crippen LogP contribution < -0.4 is 14.8 Å². The van der Waals surface area contributed by atoms with Crippen molar-refractivity contribution in [3.63, 3.8) is 0 Å². The zero-order valence-corrected chi connectivity index (χ0v) is 14.0. The van der Waals surface area contributed by atoms with E-state index in [2.05, 4.69) is 18.0 Å². The molecule has 126 valence electrons. The van der Waals surface area contributed by atoms with Gasteiger partial charge in [-0.25, -0.2) is 0 Å². The third-order valence-electron chi connectivity index (χ3n) is 3.60. The Morgan fingerprint density at radius 3 is 2.28 bits per heavy atom. The molecule has 0 amide bonds. The summed E-state index contributed by atoms with van der Waals surface area (Å²) in [4.78, 5) is 0. The first-order valence-corrected chi connectivity index (χ1v) is 8.23. The minimum Gasteiger partial charge on any atom is -0.490 e. The van der Waals surface area contributed by atoms with Crippen LogP contribution in [0.4, 0.5) is 5.69 Å². The second-order valence-electron chi connectivity index (χ2n) is 5.54. The molecule has 0 saturated heterocycles. The Balaban J connectivity index is 1.56. The third-order valence-corrected chi connectivity index (χ3v) is 3.60. The lowest BCUT2D eigenvalue weighted by molar-refractivity contribution is 0.363. The van der Waals surface area contributed by atoms with Gasteiger partial charge in [0.05, 0.1) is 0 Å². The van der Waals surface area contributed by atoms with Gasteiger partial charge in [-0.3, -0.25) is 0 Å². The predicted octanol–water partition coefficient (Wildman–Crippen LogP) is 5.66. The highest BCUT2D eigenvalue weighted by Gasteiger charge is 1.99. The maximum Gasteiger partial charge on any atom is 0.127 e. The normalized spacial score (nSPS) is 10.1. The van der Waals surface area contributed by atoms with Crippen LogP contribution in [0, 0.1) is 0 Å². The van der Waals surface area contributed by atoms with Crippen molar-refractivity contribution >= 4 is 5.69 Å². The van der Waals surface area contributed by atoms with E-state index >= 15 is 0 Å². The quantitative estimate of drug-likeness (QED) is 0.541. The molecule has 0 heterocycles. The van der Waals surface area contributed by atoms with Crippen LogP contribution in [-0.4, -0.2) is 6.61 Å². The lowest BCUT2D eigenvalue weighted by Gasteiger charge is -2.10. The van der Waals surface area contributed by atoms with Crippen LogP contribution in [0.15, 0.2) is 91.5 Å². The number of rotatable bonds is 8. The monoisotopic (exact) mass is 331 g/mol. The van der Waals surface area contributed by atoms with Gasteiger partial charge in [-0.05, 0) is 54.1 Å². The number of hydrogen-bond donors (Lipinski definition) is 1. The topological polar surface area (TPSA) is 30.5 Å². The SMILES string of the molecule is C=CCOc1cccc(CNc2ccc(Oc3ccccc3)cc2)c1. The van der Waals surface area contributed by atoms with Crippen molar-refractivity contribution in [3.8, 4) is 17.2 Å². The van der Waals surface area contributed by atoms with Crippen LogP contribution >= 0.6 is 0 Å². The van der Waals surface area contributed by atoms with Crippen LogP contribution in [0.3, 0.4) is 0 Å². The Morgan fingerprint density at radius 1 is 0.800 bits per heavy atom. The molecule has 3 aromatic rings. The summed E-state index contributed by atoms with van der Waals surface area (Å²) in [6, 6.07) is 25.7. The van der Waals surface area contributed by atoms with Gasteiger partial charge in [0.1, 0.15) is 23.9 Å². The molecule has 0 unspecified atom stereocenters. The second kappa shape index (κ2) is 8.60. The molecule has 1 N–H and O–H groups in total. The summed E-state index contributed by atoms with van der Waals surface area (Å²) in [5, 5.41) is 3.40. The first kappa shape index (κ1) is 16.7. The molecule has 3 rings (SSSR count). The van der Waals surface area contributed by atoms with Crippen LogP contribution in [0.5, 0.6) is 17.2 Å². The molecule has 0 radical (unpaired) electrons. The second-order valence-corrected chi connectivity index (χ2v) is 5.54. The maximum atomic E-state index is 5.80. The zero-order chi connectivity index (χ0) is 17.3. The molecule has 0 aliphatic carbocycles. The molecule has 0 aliphatic rings. The first-order valence-electron chi connectivity index (χ1n) is 8.23. The highest BCUT2D eigenvalue weighted by molar-refractivity contribution is 5.48. The van der Waals surface area contributed by atoms with Gasteiger partial charge >= 0.3 is 0 Å². The molecule has 3 aromatic carbocycles. The summed E-state index contributed by atoms with van der Waals surface area (Å²) >= 11 is 0. The Hall–Kier alpha value is -3.20. The van der Waals surface area contributed by atoms with Gasteiger partial charge in [0.25, 0.3) is 0 Å². The zero-order valence-electron chi connectivity index (χ0n) is 14.0. The molecule has 0 fully saturated rings. The fourth-order valence-corrected chi connectivity index (χ4v) is 2.37. The number of ether oxygens (including phenoxy) is 2. The van der Waals surface area contributed by atoms with Gasteiger partial charge in [-0.1, -0.05) is 43.0 Å². The maximum absolute atomic E-state index is 5.80. The van der Waals surface area contributed by atoms with Crippen molar-refractivity contribution in [1.29, 1.82) is 0 Å². The number of hydrogen-bond acceptors (Lipinski definition) is 3. The molecule has 3 heteroatoms. The van der Waals surface area contributed by atoms with Gasteiger partial charge < -0.3 is 14.8 Å². The fraction of sp³-hybridized carbons (Fsp3) is 0.0909. The average molecular weight is 331 g/mol. The minimum absolute atomic E-state index is 0.514. The Labute approximate surface area is 148 Å². The number of para-hydroxylation sites is 1. The summed E-state index contributed by atoms with van der Waals surface area (Å²) < 4.78 is 11.4. The Morgan fingerprint density at radius 2 is 1.52 bits per heavy atom. The minimum atomic E-state index is 0.514. The van der Waals surface area contributed by atoms with Gasteiger partial charge in [-0.2, -0.15) is 0 Å². The standard InChI is InChI=1S/C22H21NO2/c1-2-15-24-22-10-6-7-18(16-22)17-23-19-11-13-21(14-12-19)25-20-8-4-3-5-9-20/h2-14,16,23H,1,15,17H2. The highest BCUT2D eigenvalue weighted by atomic mass is 16.5. The summed E-state index contributed by atoms with van der Waals surface area (Å²) in [7, 11) is 0. The molecular weight excluding hydrogens is 310 g/mol. The Kier molecular flexibility index (Phi) is 5.73. The smallest absolute Gasteiger partial charge is 0.127 e. The molecule has 0 spiro atoms. The van der Waals surface area contributed by atoms with E-state index in [1.807, 2.05) is 72.8 Å². The van der Waals surface area contributed by atoms with Crippen LogP contribution in [-0.2, 0) is 6.54 Å². The molecule has 0 aliphatic heterocycles. The molecule has 0 saturated carbocycles. The van der Waals surface area contributed by atoms with E-state index < -0.39 is 0 Å². The fourth-order valence-electron chi connectivity index (χ4n) is 2.37. The van der Waals surface area contributed by atoms with Crippen molar-refractivity contribution in [2.75, 3.05) is 11.9 Å². The third kappa shape index (κ3) is 5.15. The van der Waals surface area contributed by atoms with Crippen molar-refractivity contribution in [1.82, 2.24) is 0 Å². The summed E-state index contributed by atoms with van der Waals surface area (Å²) in [5.41, 5.74) is 2.20. The lowest BCUT2D eigenvalue weighted by Crippen LogP contribution is -2.00. The van der Waals surface area contributed by atoms with Crippen molar-refractivity contribution < 1.29 is 9.47 Å². The number of nitrogens with one attached hydrogen (secondary N) is 1. The summed E-state index contributed by atoms with van der Waals surface area (Å²) in [6.45, 7) is 4.90. The van der Waals surface area contributed by atoms with E-state index in [1.165, 1.54) is 0 Å². The Bertz CT molecular complexity index is 798. The van der Waals surface area contributed by atoms with E-state index in [0.717, 1.165) is 35.0 Å². The largest absolute Gasteiger partial charge is 0.490 e. The van der Waals surface area contributed by atoms with E-state index in [4.69, 9.17) is 9.47 Å². The molecule has 0 atom stereocenters. The average Bonchev–Trinajstić information content (AvgIpc) is 2.67. The lowest BCUT2D eigenvalue weighted by atomic mass is 10.2. The van der Waals surface area contributed by atoms with Crippen molar-refractivity contribution in [2.45, 2.75) is 6.54 Å². The van der Waals surface area contributed by atoms with Crippen molar-refractivity contribution in [2.24, 2.45) is 0 Å². The van der Waals surface area contributed by atoms with Crippen LogP contribution in [0.1, 0.15) is 5.56 Å². The highest BCUT2D eigenvalue weighted by Crippen LogP contribution is 2.23. The number of benzene rings is 3. The summed E-state index contributed by atoms with van der Waals surface area (Å²) in [5.74, 6) is 2.50. The number of anilines is 1. The van der Waals surface area contributed by atoms with Crippen LogP contribution in [0.25, 0.3) is 0 Å². The molecule has 0 aromatic heterocycles. The van der Waals surface area contributed by atoms with Gasteiger partial charge in [0.15, 0.2) is 0 Å². The molecule has 0 bridgehead atoms. The van der Waals surface area contributed by atoms with E-state index in [1.54, 1.807) is 6.08 Å². The first-order chi connectivity index (χ1) is 12.3. The van der Waals surface area contributed by atoms with E-state index in [-0.39, 0.29) is 0 Å². The summed E-state index contributed by atoms with van der Waals surface area (Å²) in [6.07, 6.45) is 1.74. The predicted molar refractivity (Wildman–Crippen MR) is 102 cm³/mol. The molecule has 25 heavy (non-hydrogen) atoms. The van der Waals surface area contributed by atoms with E-state index in [0.29, 0.717) is 6.61 Å². The van der Waals surface area contributed by atoms with E-state index in [9.17, 15) is 0 Å².